The topological polar surface area (TPSA) is 69.3 Å². The lowest BCUT2D eigenvalue weighted by molar-refractivity contribution is 0.145. The second-order valence-electron chi connectivity index (χ2n) is 5.43. The summed E-state index contributed by atoms with van der Waals surface area (Å²) in [5.74, 6) is 0. The van der Waals surface area contributed by atoms with Gasteiger partial charge in [-0.05, 0) is 18.9 Å². The summed E-state index contributed by atoms with van der Waals surface area (Å²) in [5, 5.41) is 20.0. The number of para-hydroxylation sites is 1. The molecular formula is C16H17N3O2. The van der Waals surface area contributed by atoms with Crippen LogP contribution in [0.2, 0.25) is 0 Å². The van der Waals surface area contributed by atoms with Gasteiger partial charge in [0.25, 0.3) is 5.56 Å². The standard InChI is InChI=1S/C16H17N3O2/c1-18-14-5-3-2-4-12(14)15(13(10-17)16(18)21)19-8-6-11(20)7-9-19/h2-5,11,20H,6-9H2,1H3. The number of fused-ring (bicyclic) bond motifs is 1. The maximum absolute atomic E-state index is 12.4. The minimum absolute atomic E-state index is 0.188. The summed E-state index contributed by atoms with van der Waals surface area (Å²) in [4.78, 5) is 14.5. The fraction of sp³-hybridized carbons (Fsp3) is 0.375. The van der Waals surface area contributed by atoms with Crippen molar-refractivity contribution < 1.29 is 5.11 Å². The highest BCUT2D eigenvalue weighted by atomic mass is 16.3. The van der Waals surface area contributed by atoms with Crippen LogP contribution >= 0.6 is 0 Å². The van der Waals surface area contributed by atoms with Gasteiger partial charge in [0.2, 0.25) is 0 Å². The number of hydrogen-bond donors (Lipinski definition) is 1. The van der Waals surface area contributed by atoms with Crippen LogP contribution in [0.1, 0.15) is 18.4 Å². The first-order valence-electron chi connectivity index (χ1n) is 7.08. The number of rotatable bonds is 1. The highest BCUT2D eigenvalue weighted by molar-refractivity contribution is 5.94. The lowest BCUT2D eigenvalue weighted by atomic mass is 10.0. The van der Waals surface area contributed by atoms with E-state index in [1.54, 1.807) is 7.05 Å². The van der Waals surface area contributed by atoms with Gasteiger partial charge >= 0.3 is 0 Å². The zero-order chi connectivity index (χ0) is 15.0. The number of anilines is 1. The zero-order valence-electron chi connectivity index (χ0n) is 11.9. The third-order valence-corrected chi connectivity index (χ3v) is 4.17. The fourth-order valence-electron chi connectivity index (χ4n) is 3.00. The molecule has 1 aliphatic rings. The van der Waals surface area contributed by atoms with E-state index in [4.69, 9.17) is 0 Å². The van der Waals surface area contributed by atoms with Crippen molar-refractivity contribution in [2.75, 3.05) is 18.0 Å². The summed E-state index contributed by atoms with van der Waals surface area (Å²) in [6.45, 7) is 1.32. The molecule has 5 heteroatoms. The second kappa shape index (κ2) is 5.23. The molecule has 0 bridgehead atoms. The first kappa shape index (κ1) is 13.7. The third-order valence-electron chi connectivity index (χ3n) is 4.17. The van der Waals surface area contributed by atoms with Gasteiger partial charge in [0.05, 0.1) is 17.3 Å². The predicted molar refractivity (Wildman–Crippen MR) is 81.4 cm³/mol. The van der Waals surface area contributed by atoms with Gasteiger partial charge in [-0.25, -0.2) is 0 Å². The maximum atomic E-state index is 12.4. The molecule has 0 atom stereocenters. The van der Waals surface area contributed by atoms with Crippen LogP contribution in [-0.2, 0) is 7.05 Å². The van der Waals surface area contributed by atoms with E-state index in [1.165, 1.54) is 4.57 Å². The SMILES string of the molecule is Cn1c(=O)c(C#N)c(N2CCC(O)CC2)c2ccccc21. The second-order valence-corrected chi connectivity index (χ2v) is 5.43. The average Bonchev–Trinajstić information content (AvgIpc) is 2.52. The van der Waals surface area contributed by atoms with Crippen LogP contribution in [0.3, 0.4) is 0 Å². The van der Waals surface area contributed by atoms with Crippen molar-refractivity contribution in [3.8, 4) is 6.07 Å². The lowest BCUT2D eigenvalue weighted by Crippen LogP contribution is -2.38. The van der Waals surface area contributed by atoms with Crippen molar-refractivity contribution >= 4 is 16.6 Å². The van der Waals surface area contributed by atoms with E-state index in [-0.39, 0.29) is 17.2 Å². The number of aliphatic hydroxyl groups is 1. The Hall–Kier alpha value is -2.32. The van der Waals surface area contributed by atoms with Crippen molar-refractivity contribution in [2.45, 2.75) is 18.9 Å². The third kappa shape index (κ3) is 2.18. The molecule has 0 unspecified atom stereocenters. The average molecular weight is 283 g/mol. The zero-order valence-corrected chi connectivity index (χ0v) is 11.9. The molecule has 2 aromatic rings. The van der Waals surface area contributed by atoms with Gasteiger partial charge in [0, 0.05) is 25.5 Å². The molecule has 2 heterocycles. The minimum Gasteiger partial charge on any atom is -0.393 e. The Morgan fingerprint density at radius 1 is 1.29 bits per heavy atom. The van der Waals surface area contributed by atoms with Crippen LogP contribution in [0.25, 0.3) is 10.9 Å². The quantitative estimate of drug-likeness (QED) is 0.858. The van der Waals surface area contributed by atoms with E-state index in [9.17, 15) is 15.2 Å². The fourth-order valence-corrected chi connectivity index (χ4v) is 3.00. The smallest absolute Gasteiger partial charge is 0.270 e. The number of nitriles is 1. The Balaban J connectivity index is 2.28. The molecule has 108 valence electrons. The molecule has 0 amide bonds. The van der Waals surface area contributed by atoms with Gasteiger partial charge in [-0.15, -0.1) is 0 Å². The minimum atomic E-state index is -0.287. The van der Waals surface area contributed by atoms with Crippen molar-refractivity contribution in [1.29, 1.82) is 5.26 Å². The monoisotopic (exact) mass is 283 g/mol. The van der Waals surface area contributed by atoms with E-state index in [2.05, 4.69) is 11.0 Å². The normalized spacial score (nSPS) is 16.1. The van der Waals surface area contributed by atoms with Crippen LogP contribution in [-0.4, -0.2) is 28.9 Å². The Morgan fingerprint density at radius 2 is 1.95 bits per heavy atom. The Labute approximate surface area is 122 Å². The first-order chi connectivity index (χ1) is 10.1. The Kier molecular flexibility index (Phi) is 3.40. The van der Waals surface area contributed by atoms with E-state index >= 15 is 0 Å². The van der Waals surface area contributed by atoms with E-state index in [1.807, 2.05) is 24.3 Å². The van der Waals surface area contributed by atoms with E-state index in [0.29, 0.717) is 31.6 Å². The number of aryl methyl sites for hydroxylation is 1. The molecule has 1 aromatic heterocycles. The highest BCUT2D eigenvalue weighted by Crippen LogP contribution is 2.30. The summed E-state index contributed by atoms with van der Waals surface area (Å²) in [5.41, 5.74) is 1.45. The molecule has 0 radical (unpaired) electrons. The number of aliphatic hydroxyl groups excluding tert-OH is 1. The van der Waals surface area contributed by atoms with E-state index in [0.717, 1.165) is 10.9 Å². The number of hydrogen-bond acceptors (Lipinski definition) is 4. The van der Waals surface area contributed by atoms with Gasteiger partial charge in [0.15, 0.2) is 0 Å². The Bertz CT molecular complexity index is 780. The van der Waals surface area contributed by atoms with E-state index < -0.39 is 0 Å². The summed E-state index contributed by atoms with van der Waals surface area (Å²) < 4.78 is 1.52. The van der Waals surface area contributed by atoms with Crippen LogP contribution in [0, 0.1) is 11.3 Å². The van der Waals surface area contributed by atoms with Crippen LogP contribution in [0.5, 0.6) is 0 Å². The largest absolute Gasteiger partial charge is 0.393 e. The van der Waals surface area contributed by atoms with Crippen molar-refractivity contribution in [1.82, 2.24) is 4.57 Å². The lowest BCUT2D eigenvalue weighted by Gasteiger charge is -2.33. The molecule has 5 nitrogen and oxygen atoms in total. The van der Waals surface area contributed by atoms with Crippen LogP contribution in [0.15, 0.2) is 29.1 Å². The molecule has 1 saturated heterocycles. The molecule has 0 aliphatic carbocycles. The molecule has 1 aliphatic heterocycles. The van der Waals surface area contributed by atoms with Gasteiger partial charge in [-0.3, -0.25) is 4.79 Å². The number of piperidine rings is 1. The number of aromatic nitrogens is 1. The number of pyridine rings is 1. The molecule has 0 spiro atoms. The van der Waals surface area contributed by atoms with Crippen LogP contribution < -0.4 is 10.5 Å². The molecule has 3 rings (SSSR count). The molecule has 0 saturated carbocycles. The first-order valence-corrected chi connectivity index (χ1v) is 7.08. The summed E-state index contributed by atoms with van der Waals surface area (Å²) in [6, 6.07) is 9.70. The molecule has 1 aromatic carbocycles. The van der Waals surface area contributed by atoms with Gasteiger partial charge in [0.1, 0.15) is 11.6 Å². The van der Waals surface area contributed by atoms with Gasteiger partial charge in [-0.1, -0.05) is 18.2 Å². The number of nitrogens with zero attached hydrogens (tertiary/aromatic N) is 3. The summed E-state index contributed by atoms with van der Waals surface area (Å²) in [7, 11) is 1.69. The number of benzene rings is 1. The highest BCUT2D eigenvalue weighted by Gasteiger charge is 2.24. The predicted octanol–water partition coefficient (Wildman–Crippen LogP) is 1.37. The van der Waals surface area contributed by atoms with Crippen molar-refractivity contribution in [3.05, 3.63) is 40.2 Å². The van der Waals surface area contributed by atoms with Crippen molar-refractivity contribution in [2.24, 2.45) is 7.05 Å². The molecule has 1 fully saturated rings. The maximum Gasteiger partial charge on any atom is 0.270 e. The summed E-state index contributed by atoms with van der Waals surface area (Å²) >= 11 is 0. The molecule has 1 N–H and O–H groups in total. The van der Waals surface area contributed by atoms with Crippen molar-refractivity contribution in [3.63, 3.8) is 0 Å². The Morgan fingerprint density at radius 3 is 2.62 bits per heavy atom. The molecule has 21 heavy (non-hydrogen) atoms. The molecular weight excluding hydrogens is 266 g/mol. The van der Waals surface area contributed by atoms with Gasteiger partial charge < -0.3 is 14.6 Å². The van der Waals surface area contributed by atoms with Gasteiger partial charge in [-0.2, -0.15) is 5.26 Å². The van der Waals surface area contributed by atoms with Crippen LogP contribution in [0.4, 0.5) is 5.69 Å². The summed E-state index contributed by atoms with van der Waals surface area (Å²) in [6.07, 6.45) is 1.03.